The molecule has 1 unspecified atom stereocenters. The Morgan fingerprint density at radius 3 is 3.06 bits per heavy atom. The molecule has 1 fully saturated rings. The van der Waals surface area contributed by atoms with Gasteiger partial charge in [0.05, 0.1) is 11.1 Å². The van der Waals surface area contributed by atoms with E-state index >= 15 is 0 Å². The summed E-state index contributed by atoms with van der Waals surface area (Å²) in [6.07, 6.45) is 4.42. The number of hydrogen-bond donors (Lipinski definition) is 3. The molecule has 1 aromatic heterocycles. The van der Waals surface area contributed by atoms with Crippen molar-refractivity contribution >= 4 is 11.6 Å². The third kappa shape index (κ3) is 3.07. The fourth-order valence-electron chi connectivity index (χ4n) is 2.08. The lowest BCUT2D eigenvalue weighted by molar-refractivity contribution is -0.384. The summed E-state index contributed by atoms with van der Waals surface area (Å²) in [4.78, 5) is 24.2. The van der Waals surface area contributed by atoms with Crippen molar-refractivity contribution in [1.82, 2.24) is 15.6 Å². The van der Waals surface area contributed by atoms with Crippen molar-refractivity contribution < 1.29 is 9.72 Å². The van der Waals surface area contributed by atoms with Crippen molar-refractivity contribution in [3.63, 3.8) is 0 Å². The first-order valence-corrected chi connectivity index (χ1v) is 6.01. The molecule has 1 aromatic rings. The molecule has 0 spiro atoms. The maximum Gasteiger partial charge on any atom is 0.287 e. The second-order valence-corrected chi connectivity index (χ2v) is 4.37. The highest BCUT2D eigenvalue weighted by Gasteiger charge is 2.16. The summed E-state index contributed by atoms with van der Waals surface area (Å²) in [6.45, 7) is 1.62. The molecule has 2 rings (SSSR count). The number of hydrogen-bond acceptors (Lipinski definition) is 4. The summed E-state index contributed by atoms with van der Waals surface area (Å²) in [6, 6.07) is 1.71. The van der Waals surface area contributed by atoms with Crippen molar-refractivity contribution in [2.75, 3.05) is 13.1 Å². The molecule has 0 saturated carbocycles. The normalized spacial score (nSPS) is 18.8. The van der Waals surface area contributed by atoms with Crippen LogP contribution in [0.15, 0.2) is 12.3 Å². The predicted octanol–water partition coefficient (Wildman–Crippen LogP) is 0.795. The third-order valence-electron chi connectivity index (χ3n) is 3.06. The molecular weight excluding hydrogens is 236 g/mol. The average Bonchev–Trinajstić information content (AvgIpc) is 2.99. The van der Waals surface area contributed by atoms with E-state index < -0.39 is 4.92 Å². The Bertz CT molecular complexity index is 437. The first-order chi connectivity index (χ1) is 8.66. The van der Waals surface area contributed by atoms with Crippen LogP contribution in [0.25, 0.3) is 0 Å². The van der Waals surface area contributed by atoms with Crippen LogP contribution in [0.2, 0.25) is 0 Å². The van der Waals surface area contributed by atoms with Gasteiger partial charge in [-0.15, -0.1) is 0 Å². The van der Waals surface area contributed by atoms with E-state index in [4.69, 9.17) is 0 Å². The summed E-state index contributed by atoms with van der Waals surface area (Å²) >= 11 is 0. The number of aromatic amines is 1. The molecule has 0 radical (unpaired) electrons. The van der Waals surface area contributed by atoms with E-state index in [0.717, 1.165) is 19.4 Å². The average molecular weight is 252 g/mol. The number of carbonyl (C=O) groups is 1. The zero-order valence-corrected chi connectivity index (χ0v) is 9.94. The number of aromatic nitrogens is 1. The van der Waals surface area contributed by atoms with Crippen LogP contribution < -0.4 is 10.6 Å². The summed E-state index contributed by atoms with van der Waals surface area (Å²) in [5.74, 6) is -0.305. The lowest BCUT2D eigenvalue weighted by Gasteiger charge is -2.09. The van der Waals surface area contributed by atoms with Gasteiger partial charge in [-0.1, -0.05) is 0 Å². The van der Waals surface area contributed by atoms with Gasteiger partial charge in [0, 0.05) is 18.7 Å². The SMILES string of the molecule is O=C(NCCC1CCCN1)c1cc([N+](=O)[O-])c[nH]1. The van der Waals surface area contributed by atoms with Crippen LogP contribution in [-0.4, -0.2) is 34.9 Å². The maximum absolute atomic E-state index is 11.7. The molecule has 7 heteroatoms. The molecule has 1 aliphatic heterocycles. The Morgan fingerprint density at radius 1 is 1.61 bits per heavy atom. The van der Waals surface area contributed by atoms with Crippen LogP contribution in [0.5, 0.6) is 0 Å². The zero-order valence-electron chi connectivity index (χ0n) is 9.94. The highest BCUT2D eigenvalue weighted by molar-refractivity contribution is 5.93. The van der Waals surface area contributed by atoms with E-state index in [0.29, 0.717) is 12.6 Å². The number of nitrogens with one attached hydrogen (secondary N) is 3. The van der Waals surface area contributed by atoms with Crippen molar-refractivity contribution in [3.05, 3.63) is 28.1 Å². The molecule has 18 heavy (non-hydrogen) atoms. The van der Waals surface area contributed by atoms with Gasteiger partial charge in [-0.25, -0.2) is 0 Å². The Balaban J connectivity index is 1.77. The third-order valence-corrected chi connectivity index (χ3v) is 3.06. The number of rotatable bonds is 5. The molecule has 1 atom stereocenters. The van der Waals surface area contributed by atoms with Crippen LogP contribution in [0, 0.1) is 10.1 Å². The lowest BCUT2D eigenvalue weighted by atomic mass is 10.1. The van der Waals surface area contributed by atoms with Gasteiger partial charge in [-0.3, -0.25) is 14.9 Å². The Labute approximate surface area is 104 Å². The number of amides is 1. The minimum absolute atomic E-state index is 0.0994. The Kier molecular flexibility index (Phi) is 3.93. The molecule has 2 heterocycles. The highest BCUT2D eigenvalue weighted by atomic mass is 16.6. The van der Waals surface area contributed by atoms with E-state index in [-0.39, 0.29) is 17.3 Å². The topological polar surface area (TPSA) is 100 Å². The summed E-state index contributed by atoms with van der Waals surface area (Å²) < 4.78 is 0. The summed E-state index contributed by atoms with van der Waals surface area (Å²) in [5.41, 5.74) is 0.124. The summed E-state index contributed by atoms with van der Waals surface area (Å²) in [5, 5.41) is 16.6. The van der Waals surface area contributed by atoms with Crippen LogP contribution in [0.3, 0.4) is 0 Å². The predicted molar refractivity (Wildman–Crippen MR) is 65.4 cm³/mol. The molecule has 1 saturated heterocycles. The molecule has 0 bridgehead atoms. The second-order valence-electron chi connectivity index (χ2n) is 4.37. The van der Waals surface area contributed by atoms with Gasteiger partial charge >= 0.3 is 0 Å². The van der Waals surface area contributed by atoms with Crippen LogP contribution >= 0.6 is 0 Å². The van der Waals surface area contributed by atoms with Crippen molar-refractivity contribution in [1.29, 1.82) is 0 Å². The molecule has 7 nitrogen and oxygen atoms in total. The molecule has 1 aliphatic rings. The zero-order chi connectivity index (χ0) is 13.0. The van der Waals surface area contributed by atoms with Crippen LogP contribution in [0.4, 0.5) is 5.69 Å². The molecule has 0 aliphatic carbocycles. The molecule has 1 amide bonds. The van der Waals surface area contributed by atoms with Gasteiger partial charge in [-0.2, -0.15) is 0 Å². The van der Waals surface area contributed by atoms with E-state index in [9.17, 15) is 14.9 Å². The van der Waals surface area contributed by atoms with E-state index in [1.165, 1.54) is 18.7 Å². The minimum Gasteiger partial charge on any atom is -0.351 e. The Hall–Kier alpha value is -1.89. The van der Waals surface area contributed by atoms with Crippen molar-refractivity contribution in [2.24, 2.45) is 0 Å². The lowest BCUT2D eigenvalue weighted by Crippen LogP contribution is -2.30. The standard InChI is InChI=1S/C11H16N4O3/c16-11(10-6-9(7-14-10)15(17)18)13-5-3-8-2-1-4-12-8/h6-8,12,14H,1-5H2,(H,13,16). The first-order valence-electron chi connectivity index (χ1n) is 6.01. The highest BCUT2D eigenvalue weighted by Crippen LogP contribution is 2.12. The second kappa shape index (κ2) is 5.63. The smallest absolute Gasteiger partial charge is 0.287 e. The minimum atomic E-state index is -0.532. The molecule has 0 aromatic carbocycles. The quantitative estimate of drug-likeness (QED) is 0.533. The van der Waals surface area contributed by atoms with Gasteiger partial charge in [0.2, 0.25) is 0 Å². The Morgan fingerprint density at radius 2 is 2.44 bits per heavy atom. The molecule has 3 N–H and O–H groups in total. The molecular formula is C11H16N4O3. The molecule has 98 valence electrons. The number of H-pyrrole nitrogens is 1. The van der Waals surface area contributed by atoms with Gasteiger partial charge in [0.1, 0.15) is 5.69 Å². The van der Waals surface area contributed by atoms with E-state index in [1.807, 2.05) is 0 Å². The van der Waals surface area contributed by atoms with Crippen molar-refractivity contribution in [3.8, 4) is 0 Å². The monoisotopic (exact) mass is 252 g/mol. The van der Waals surface area contributed by atoms with E-state index in [2.05, 4.69) is 15.6 Å². The van der Waals surface area contributed by atoms with Gasteiger partial charge in [0.25, 0.3) is 11.6 Å². The first kappa shape index (κ1) is 12.6. The number of nitro groups is 1. The number of nitrogens with zero attached hydrogens (tertiary/aromatic N) is 1. The van der Waals surface area contributed by atoms with E-state index in [1.54, 1.807) is 0 Å². The van der Waals surface area contributed by atoms with Gasteiger partial charge < -0.3 is 15.6 Å². The van der Waals surface area contributed by atoms with Gasteiger partial charge in [-0.05, 0) is 25.8 Å². The number of carbonyl (C=O) groups excluding carboxylic acids is 1. The fourth-order valence-corrected chi connectivity index (χ4v) is 2.08. The van der Waals surface area contributed by atoms with Crippen LogP contribution in [-0.2, 0) is 0 Å². The maximum atomic E-state index is 11.7. The van der Waals surface area contributed by atoms with Gasteiger partial charge in [0.15, 0.2) is 0 Å². The summed E-state index contributed by atoms with van der Waals surface area (Å²) in [7, 11) is 0. The van der Waals surface area contributed by atoms with Crippen molar-refractivity contribution in [2.45, 2.75) is 25.3 Å². The fraction of sp³-hybridized carbons (Fsp3) is 0.545. The van der Waals surface area contributed by atoms with Crippen LogP contribution in [0.1, 0.15) is 29.8 Å². The largest absolute Gasteiger partial charge is 0.351 e.